The van der Waals surface area contributed by atoms with Crippen LogP contribution in [0.3, 0.4) is 0 Å². The van der Waals surface area contributed by atoms with Crippen molar-refractivity contribution in [2.75, 3.05) is 0 Å². The molecule has 0 saturated carbocycles. The third kappa shape index (κ3) is 2.98. The highest BCUT2D eigenvalue weighted by Gasteiger charge is 2.33. The van der Waals surface area contributed by atoms with Gasteiger partial charge in [-0.1, -0.05) is 54.1 Å². The zero-order valence-corrected chi connectivity index (χ0v) is 14.4. The first-order valence-corrected chi connectivity index (χ1v) is 9.09. The van der Waals surface area contributed by atoms with Gasteiger partial charge in [0.25, 0.3) is 0 Å². The van der Waals surface area contributed by atoms with E-state index in [1.807, 2.05) is 51.1 Å². The van der Waals surface area contributed by atoms with Gasteiger partial charge >= 0.3 is 0 Å². The zero-order valence-electron chi connectivity index (χ0n) is 13.5. The fraction of sp³-hybridized carbons (Fsp3) is 0.211. The van der Waals surface area contributed by atoms with Gasteiger partial charge in [-0.3, -0.25) is 4.79 Å². The van der Waals surface area contributed by atoms with E-state index in [2.05, 4.69) is 0 Å². The minimum Gasteiger partial charge on any atom is -0.306 e. The Morgan fingerprint density at radius 1 is 1.00 bits per heavy atom. The number of hydrogen-bond donors (Lipinski definition) is 0. The van der Waals surface area contributed by atoms with E-state index in [4.69, 9.17) is 0 Å². The van der Waals surface area contributed by atoms with Crippen LogP contribution in [0.25, 0.3) is 0 Å². The maximum absolute atomic E-state index is 13.5. The molecular formula is C19H21O2P. The number of rotatable bonds is 4. The van der Waals surface area contributed by atoms with Crippen molar-refractivity contribution in [1.82, 2.24) is 0 Å². The van der Waals surface area contributed by atoms with Crippen LogP contribution in [0.2, 0.25) is 0 Å². The van der Waals surface area contributed by atoms with Crippen molar-refractivity contribution in [2.45, 2.75) is 27.7 Å². The molecule has 0 aliphatic heterocycles. The third-order valence-electron chi connectivity index (χ3n) is 3.69. The van der Waals surface area contributed by atoms with Crippen LogP contribution in [0, 0.1) is 20.8 Å². The Bertz CT molecular complexity index is 750. The van der Waals surface area contributed by atoms with Crippen LogP contribution >= 0.6 is 7.14 Å². The number of hydrogen-bond acceptors (Lipinski definition) is 2. The molecule has 22 heavy (non-hydrogen) atoms. The molecule has 2 aromatic carbocycles. The van der Waals surface area contributed by atoms with Crippen LogP contribution in [0.5, 0.6) is 0 Å². The fourth-order valence-electron chi connectivity index (χ4n) is 2.81. The van der Waals surface area contributed by atoms with Gasteiger partial charge in [0.15, 0.2) is 0 Å². The van der Waals surface area contributed by atoms with Crippen LogP contribution in [0.4, 0.5) is 0 Å². The summed E-state index contributed by atoms with van der Waals surface area (Å²) < 4.78 is 13.5. The van der Waals surface area contributed by atoms with Gasteiger partial charge in [-0.25, -0.2) is 0 Å². The highest BCUT2D eigenvalue weighted by Crippen LogP contribution is 2.50. The van der Waals surface area contributed by atoms with Crippen LogP contribution in [0.1, 0.15) is 34.0 Å². The molecule has 1 unspecified atom stereocenters. The van der Waals surface area contributed by atoms with Crippen LogP contribution in [0.15, 0.2) is 54.4 Å². The van der Waals surface area contributed by atoms with Crippen LogP contribution in [-0.4, -0.2) is 5.52 Å². The molecule has 0 amide bonds. The second-order valence-corrected chi connectivity index (χ2v) is 8.09. The van der Waals surface area contributed by atoms with E-state index < -0.39 is 7.14 Å². The van der Waals surface area contributed by atoms with Crippen molar-refractivity contribution < 1.29 is 9.36 Å². The van der Waals surface area contributed by atoms with Gasteiger partial charge in [-0.15, -0.1) is 0 Å². The summed E-state index contributed by atoms with van der Waals surface area (Å²) in [7, 11) is -3.27. The van der Waals surface area contributed by atoms with E-state index in [0.29, 0.717) is 10.9 Å². The summed E-state index contributed by atoms with van der Waals surface area (Å²) in [6.07, 6.45) is 1.70. The summed E-state index contributed by atoms with van der Waals surface area (Å²) in [6.45, 7) is 7.59. The Morgan fingerprint density at radius 2 is 1.55 bits per heavy atom. The monoisotopic (exact) mass is 312 g/mol. The summed E-state index contributed by atoms with van der Waals surface area (Å²) >= 11 is 0. The Hall–Kier alpha value is -1.92. The van der Waals surface area contributed by atoms with E-state index in [9.17, 15) is 9.36 Å². The number of aryl methyl sites for hydroxylation is 3. The van der Waals surface area contributed by atoms with Gasteiger partial charge in [0.1, 0.15) is 0 Å². The fourth-order valence-corrected chi connectivity index (χ4v) is 5.08. The van der Waals surface area contributed by atoms with Gasteiger partial charge in [-0.05, 0) is 44.6 Å². The molecule has 0 N–H and O–H groups in total. The van der Waals surface area contributed by atoms with Gasteiger partial charge in [0.2, 0.25) is 12.7 Å². The molecule has 0 aliphatic carbocycles. The number of benzene rings is 2. The second-order valence-electron chi connectivity index (χ2n) is 5.55. The first kappa shape index (κ1) is 16.5. The summed E-state index contributed by atoms with van der Waals surface area (Å²) in [6, 6.07) is 12.9. The molecule has 0 radical (unpaired) electrons. The maximum atomic E-state index is 13.5. The quantitative estimate of drug-likeness (QED) is 0.747. The smallest absolute Gasteiger partial charge is 0.230 e. The largest absolute Gasteiger partial charge is 0.306 e. The van der Waals surface area contributed by atoms with E-state index in [-0.39, 0.29) is 5.52 Å². The summed E-state index contributed by atoms with van der Waals surface area (Å²) in [4.78, 5) is 13.1. The van der Waals surface area contributed by atoms with Crippen molar-refractivity contribution in [1.29, 1.82) is 0 Å². The second kappa shape index (κ2) is 6.46. The van der Waals surface area contributed by atoms with Crippen molar-refractivity contribution in [3.63, 3.8) is 0 Å². The Kier molecular flexibility index (Phi) is 4.83. The van der Waals surface area contributed by atoms with Gasteiger partial charge in [0.05, 0.1) is 0 Å². The number of allylic oxidation sites excluding steroid dienone is 1. The predicted molar refractivity (Wildman–Crippen MR) is 93.5 cm³/mol. The predicted octanol–water partition coefficient (Wildman–Crippen LogP) is 4.97. The van der Waals surface area contributed by atoms with E-state index in [1.54, 1.807) is 30.9 Å². The molecule has 2 rings (SSSR count). The molecular weight excluding hydrogens is 291 g/mol. The van der Waals surface area contributed by atoms with Gasteiger partial charge in [0, 0.05) is 10.9 Å². The Morgan fingerprint density at radius 3 is 2.05 bits per heavy atom. The molecule has 114 valence electrons. The first-order chi connectivity index (χ1) is 10.4. The first-order valence-electron chi connectivity index (χ1n) is 7.32. The van der Waals surface area contributed by atoms with Gasteiger partial charge < -0.3 is 4.57 Å². The number of carbonyl (C=O) groups excluding carboxylic acids is 1. The molecule has 2 nitrogen and oxygen atoms in total. The summed E-state index contributed by atoms with van der Waals surface area (Å²) in [5, 5.41) is 0.581. The summed E-state index contributed by atoms with van der Waals surface area (Å²) in [5.74, 6) is 1.56. The lowest BCUT2D eigenvalue weighted by molar-refractivity contribution is 0.107. The average Bonchev–Trinajstić information content (AvgIpc) is 2.47. The molecule has 0 heterocycles. The SMILES string of the molecule is CC=CP(=O)(C(=O)c1c(C)cc(C)cc1C)c1ccccc1. The highest BCUT2D eigenvalue weighted by molar-refractivity contribution is 7.90. The topological polar surface area (TPSA) is 34.1 Å². The standard InChI is InChI=1S/C19H21O2P/c1-5-11-22(21,17-9-7-6-8-10-17)19(20)18-15(3)12-14(2)13-16(18)4/h5-13H,1-4H3. The lowest BCUT2D eigenvalue weighted by Gasteiger charge is -2.17. The van der Waals surface area contributed by atoms with Crippen LogP contribution < -0.4 is 5.30 Å². The van der Waals surface area contributed by atoms with Crippen LogP contribution in [-0.2, 0) is 4.57 Å². The molecule has 2 aromatic rings. The molecule has 0 saturated heterocycles. The lowest BCUT2D eigenvalue weighted by Crippen LogP contribution is -2.14. The molecule has 3 heteroatoms. The van der Waals surface area contributed by atoms with E-state index >= 15 is 0 Å². The molecule has 1 atom stereocenters. The van der Waals surface area contributed by atoms with Crippen molar-refractivity contribution in [2.24, 2.45) is 0 Å². The average molecular weight is 312 g/mol. The summed E-state index contributed by atoms with van der Waals surface area (Å²) in [5.41, 5.74) is 3.15. The van der Waals surface area contributed by atoms with E-state index in [0.717, 1.165) is 16.7 Å². The minimum absolute atomic E-state index is 0.285. The maximum Gasteiger partial charge on any atom is 0.230 e. The molecule has 0 aromatic heterocycles. The normalized spacial score (nSPS) is 14.0. The molecule has 0 aliphatic rings. The van der Waals surface area contributed by atoms with Crippen molar-refractivity contribution in [3.05, 3.63) is 76.6 Å². The Labute approximate surface area is 132 Å². The van der Waals surface area contributed by atoms with E-state index in [1.165, 1.54) is 0 Å². The third-order valence-corrected chi connectivity index (χ3v) is 6.30. The number of carbonyl (C=O) groups is 1. The van der Waals surface area contributed by atoms with Crippen molar-refractivity contribution in [3.8, 4) is 0 Å². The van der Waals surface area contributed by atoms with Crippen molar-refractivity contribution >= 4 is 18.0 Å². The zero-order chi connectivity index (χ0) is 16.3. The molecule has 0 fully saturated rings. The van der Waals surface area contributed by atoms with Gasteiger partial charge in [-0.2, -0.15) is 0 Å². The Balaban J connectivity index is 2.66. The molecule has 0 bridgehead atoms. The molecule has 0 spiro atoms. The lowest BCUT2D eigenvalue weighted by atomic mass is 10.0. The highest BCUT2D eigenvalue weighted by atomic mass is 31.2. The minimum atomic E-state index is -3.27.